The molecule has 138 valence electrons. The lowest BCUT2D eigenvalue weighted by Crippen LogP contribution is -2.73. The number of carbonyl (C=O) groups excluding carboxylic acids is 3. The highest BCUT2D eigenvalue weighted by Gasteiger charge is 2.64. The number of para-hydroxylation sites is 1. The second kappa shape index (κ2) is 5.56. The summed E-state index contributed by atoms with van der Waals surface area (Å²) in [5.41, 5.74) is 0.887. The average molecular weight is 355 g/mol. The second-order valence-electron chi connectivity index (χ2n) is 8.20. The summed E-state index contributed by atoms with van der Waals surface area (Å²) in [6.45, 7) is 5.15. The first kappa shape index (κ1) is 17.1. The van der Waals surface area contributed by atoms with E-state index in [0.717, 1.165) is 34.0 Å². The molecule has 2 saturated heterocycles. The summed E-state index contributed by atoms with van der Waals surface area (Å²) in [5.74, 6) is -0.0710. The number of hydrogen-bond acceptors (Lipinski definition) is 4. The minimum absolute atomic E-state index is 0.176. The van der Waals surface area contributed by atoms with Gasteiger partial charge in [0.15, 0.2) is 5.41 Å². The number of urea groups is 1. The Morgan fingerprint density at radius 1 is 1.00 bits per heavy atom. The molecule has 3 heterocycles. The van der Waals surface area contributed by atoms with Crippen LogP contribution in [0.5, 0.6) is 0 Å². The zero-order chi connectivity index (χ0) is 18.8. The Hall–Kier alpha value is -2.37. The Morgan fingerprint density at radius 2 is 1.62 bits per heavy atom. The van der Waals surface area contributed by atoms with Crippen LogP contribution < -0.4 is 4.90 Å². The van der Waals surface area contributed by atoms with Crippen molar-refractivity contribution in [2.45, 2.75) is 32.7 Å². The van der Waals surface area contributed by atoms with Gasteiger partial charge in [0.25, 0.3) is 0 Å². The first-order valence-corrected chi connectivity index (χ1v) is 9.24. The fraction of sp³-hybridized carbons (Fsp3) is 0.550. The maximum atomic E-state index is 13.4. The van der Waals surface area contributed by atoms with E-state index in [0.29, 0.717) is 12.3 Å². The fourth-order valence-corrected chi connectivity index (χ4v) is 5.43. The van der Waals surface area contributed by atoms with E-state index in [2.05, 4.69) is 24.8 Å². The maximum absolute atomic E-state index is 13.4. The normalized spacial score (nSPS) is 30.5. The Morgan fingerprint density at radius 3 is 2.27 bits per heavy atom. The van der Waals surface area contributed by atoms with Crippen LogP contribution in [0.1, 0.15) is 25.8 Å². The van der Waals surface area contributed by atoms with Crippen LogP contribution in [0.4, 0.5) is 10.5 Å². The molecule has 0 saturated carbocycles. The summed E-state index contributed by atoms with van der Waals surface area (Å²) in [7, 11) is 2.96. The standard InChI is InChI=1S/C20H25N3O3/c1-12-9-13(2)16-20(17(24)21(3)19(26)22(4)18(20)25)10-14-7-5-6-8-15(14)23(16)11-12/h5-8,12-13,16H,9-11H2,1-4H3/t12-,13-,16+/m0/s1. The molecule has 0 aromatic heterocycles. The summed E-state index contributed by atoms with van der Waals surface area (Å²) in [4.78, 5) is 43.6. The molecule has 4 rings (SSSR count). The quantitative estimate of drug-likeness (QED) is 0.669. The molecule has 0 aliphatic carbocycles. The molecule has 6 heteroatoms. The molecule has 3 atom stereocenters. The number of rotatable bonds is 0. The maximum Gasteiger partial charge on any atom is 0.332 e. The van der Waals surface area contributed by atoms with Crippen molar-refractivity contribution in [3.05, 3.63) is 29.8 Å². The van der Waals surface area contributed by atoms with E-state index in [1.165, 1.54) is 14.1 Å². The first-order valence-electron chi connectivity index (χ1n) is 9.24. The van der Waals surface area contributed by atoms with Crippen molar-refractivity contribution in [2.75, 3.05) is 25.5 Å². The van der Waals surface area contributed by atoms with Gasteiger partial charge in [-0.3, -0.25) is 19.4 Å². The van der Waals surface area contributed by atoms with Gasteiger partial charge in [-0.25, -0.2) is 4.79 Å². The van der Waals surface area contributed by atoms with E-state index in [4.69, 9.17) is 0 Å². The van der Waals surface area contributed by atoms with Crippen LogP contribution in [-0.4, -0.2) is 54.3 Å². The van der Waals surface area contributed by atoms with Gasteiger partial charge in [0, 0.05) is 26.3 Å². The third-order valence-electron chi connectivity index (χ3n) is 6.38. The van der Waals surface area contributed by atoms with Gasteiger partial charge in [0.1, 0.15) is 0 Å². The molecule has 3 aliphatic heterocycles. The largest absolute Gasteiger partial charge is 0.366 e. The zero-order valence-corrected chi connectivity index (χ0v) is 15.7. The van der Waals surface area contributed by atoms with Gasteiger partial charge in [0.2, 0.25) is 11.8 Å². The van der Waals surface area contributed by atoms with Gasteiger partial charge in [-0.2, -0.15) is 0 Å². The van der Waals surface area contributed by atoms with Crippen molar-refractivity contribution in [2.24, 2.45) is 17.3 Å². The number of benzene rings is 1. The fourth-order valence-electron chi connectivity index (χ4n) is 5.43. The molecule has 0 bridgehead atoms. The molecular weight excluding hydrogens is 330 g/mol. The molecule has 1 aromatic carbocycles. The monoisotopic (exact) mass is 355 g/mol. The number of hydrogen-bond donors (Lipinski definition) is 0. The second-order valence-corrected chi connectivity index (χ2v) is 8.20. The third-order valence-corrected chi connectivity index (χ3v) is 6.38. The van der Waals surface area contributed by atoms with Crippen LogP contribution >= 0.6 is 0 Å². The smallest absolute Gasteiger partial charge is 0.332 e. The Kier molecular flexibility index (Phi) is 3.65. The highest BCUT2D eigenvalue weighted by molar-refractivity contribution is 6.20. The van der Waals surface area contributed by atoms with Crippen LogP contribution in [0.2, 0.25) is 0 Å². The third kappa shape index (κ3) is 2.01. The molecule has 0 unspecified atom stereocenters. The minimum Gasteiger partial charge on any atom is -0.366 e. The summed E-state index contributed by atoms with van der Waals surface area (Å²) in [6, 6.07) is 7.24. The van der Waals surface area contributed by atoms with Crippen molar-refractivity contribution < 1.29 is 14.4 Å². The highest BCUT2D eigenvalue weighted by atomic mass is 16.2. The minimum atomic E-state index is -1.23. The van der Waals surface area contributed by atoms with Crippen LogP contribution in [0.3, 0.4) is 0 Å². The lowest BCUT2D eigenvalue weighted by molar-refractivity contribution is -0.161. The SMILES string of the molecule is C[C@H]1C[C@H](C)[C@H]2N(C1)c1ccccc1CC21C(=O)N(C)C(=O)N(C)C1=O. The van der Waals surface area contributed by atoms with Gasteiger partial charge in [-0.1, -0.05) is 32.0 Å². The predicted molar refractivity (Wildman–Crippen MR) is 97.6 cm³/mol. The summed E-state index contributed by atoms with van der Waals surface area (Å²) in [6.07, 6.45) is 1.32. The molecule has 1 spiro atoms. The van der Waals surface area contributed by atoms with E-state index in [1.807, 2.05) is 18.2 Å². The Bertz CT molecular complexity index is 781. The highest BCUT2D eigenvalue weighted by Crippen LogP contribution is 2.50. The van der Waals surface area contributed by atoms with Crippen molar-refractivity contribution in [3.63, 3.8) is 0 Å². The van der Waals surface area contributed by atoms with Crippen LogP contribution in [0.15, 0.2) is 24.3 Å². The number of nitrogens with zero attached hydrogens (tertiary/aromatic N) is 3. The number of fused-ring (bicyclic) bond motifs is 4. The van der Waals surface area contributed by atoms with Crippen molar-refractivity contribution in [1.82, 2.24) is 9.80 Å². The lowest BCUT2D eigenvalue weighted by atomic mass is 9.62. The summed E-state index contributed by atoms with van der Waals surface area (Å²) in [5, 5.41) is 0. The Balaban J connectivity index is 1.94. The molecule has 2 fully saturated rings. The molecule has 1 aromatic rings. The average Bonchev–Trinajstić information content (AvgIpc) is 2.62. The molecule has 3 aliphatic rings. The molecule has 4 amide bonds. The van der Waals surface area contributed by atoms with Crippen molar-refractivity contribution >= 4 is 23.5 Å². The van der Waals surface area contributed by atoms with E-state index in [1.54, 1.807) is 0 Å². The van der Waals surface area contributed by atoms with Crippen LogP contribution in [0.25, 0.3) is 0 Å². The predicted octanol–water partition coefficient (Wildman–Crippen LogP) is 2.13. The number of piperidine rings is 1. The number of amides is 4. The van der Waals surface area contributed by atoms with E-state index < -0.39 is 11.4 Å². The molecule has 0 radical (unpaired) electrons. The first-order chi connectivity index (χ1) is 12.3. The van der Waals surface area contributed by atoms with E-state index in [9.17, 15) is 14.4 Å². The van der Waals surface area contributed by atoms with Gasteiger partial charge in [-0.05, 0) is 36.3 Å². The summed E-state index contributed by atoms with van der Waals surface area (Å²) >= 11 is 0. The number of imide groups is 2. The molecular formula is C20H25N3O3. The van der Waals surface area contributed by atoms with E-state index in [-0.39, 0.29) is 23.8 Å². The summed E-state index contributed by atoms with van der Waals surface area (Å²) < 4.78 is 0. The number of anilines is 1. The molecule has 6 nitrogen and oxygen atoms in total. The van der Waals surface area contributed by atoms with Crippen molar-refractivity contribution in [1.29, 1.82) is 0 Å². The van der Waals surface area contributed by atoms with Gasteiger partial charge in [-0.15, -0.1) is 0 Å². The lowest BCUT2D eigenvalue weighted by Gasteiger charge is -2.57. The van der Waals surface area contributed by atoms with Crippen LogP contribution in [0, 0.1) is 17.3 Å². The van der Waals surface area contributed by atoms with Crippen LogP contribution in [-0.2, 0) is 16.0 Å². The van der Waals surface area contributed by atoms with E-state index >= 15 is 0 Å². The van der Waals surface area contributed by atoms with Gasteiger partial charge < -0.3 is 4.90 Å². The number of carbonyl (C=O) groups is 3. The Labute approximate surface area is 153 Å². The molecule has 26 heavy (non-hydrogen) atoms. The zero-order valence-electron chi connectivity index (χ0n) is 15.7. The van der Waals surface area contributed by atoms with Gasteiger partial charge in [0.05, 0.1) is 6.04 Å². The van der Waals surface area contributed by atoms with Gasteiger partial charge >= 0.3 is 6.03 Å². The van der Waals surface area contributed by atoms with Crippen molar-refractivity contribution in [3.8, 4) is 0 Å². The number of barbiturate groups is 1. The topological polar surface area (TPSA) is 60.9 Å². The molecule has 0 N–H and O–H groups in total.